The summed E-state index contributed by atoms with van der Waals surface area (Å²) in [5.74, 6) is -0.242. The van der Waals surface area contributed by atoms with Crippen molar-refractivity contribution in [3.05, 3.63) is 24.3 Å². The number of carbonyl (C=O) groups excluding carboxylic acids is 1. The Morgan fingerprint density at radius 1 is 0.407 bits per heavy atom. The molecule has 12 unspecified atom stereocenters. The quantitative estimate of drug-likeness (QED) is 0.0204. The highest BCUT2D eigenvalue weighted by Gasteiger charge is 2.51. The summed E-state index contributed by atoms with van der Waals surface area (Å²) in [6.07, 6.45) is 55.6. The largest absolute Gasteiger partial charge is 0.394 e. The molecule has 0 aliphatic carbocycles. The maximum atomic E-state index is 13.3. The van der Waals surface area contributed by atoms with Crippen molar-refractivity contribution in [3.8, 4) is 0 Å². The first kappa shape index (κ1) is 80.6. The molecule has 1 amide bonds. The van der Waals surface area contributed by atoms with Gasteiger partial charge >= 0.3 is 0 Å². The Morgan fingerprint density at radius 3 is 1.14 bits per heavy atom. The van der Waals surface area contributed by atoms with Gasteiger partial charge in [0.1, 0.15) is 48.8 Å². The number of carbonyl (C=O) groups is 1. The molecule has 14 nitrogen and oxygen atoms in total. The second kappa shape index (κ2) is 57.4. The lowest BCUT2D eigenvalue weighted by Gasteiger charge is -2.46. The second-order valence-corrected chi connectivity index (χ2v) is 26.1. The molecule has 0 bridgehead atoms. The number of nitrogens with one attached hydrogen (secondary N) is 1. The Hall–Kier alpha value is -1.53. The van der Waals surface area contributed by atoms with Crippen molar-refractivity contribution in [3.63, 3.8) is 0 Å². The van der Waals surface area contributed by atoms with Crippen LogP contribution >= 0.6 is 0 Å². The zero-order valence-corrected chi connectivity index (χ0v) is 55.3. The van der Waals surface area contributed by atoms with Crippen molar-refractivity contribution in [2.24, 2.45) is 0 Å². The molecular formula is C72H137NO13. The molecule has 86 heavy (non-hydrogen) atoms. The predicted octanol–water partition coefficient (Wildman–Crippen LogP) is 15.1. The van der Waals surface area contributed by atoms with E-state index in [4.69, 9.17) is 18.9 Å². The molecule has 12 atom stereocenters. The summed E-state index contributed by atoms with van der Waals surface area (Å²) in [7, 11) is 0. The van der Waals surface area contributed by atoms with Crippen LogP contribution in [-0.4, -0.2) is 140 Å². The Morgan fingerprint density at radius 2 is 0.744 bits per heavy atom. The van der Waals surface area contributed by atoms with E-state index in [9.17, 15) is 45.6 Å². The highest BCUT2D eigenvalue weighted by atomic mass is 16.7. The van der Waals surface area contributed by atoms with Crippen LogP contribution in [0, 0.1) is 0 Å². The third-order valence-electron chi connectivity index (χ3n) is 18.1. The highest BCUT2D eigenvalue weighted by Crippen LogP contribution is 2.30. The molecule has 0 aromatic rings. The van der Waals surface area contributed by atoms with Crippen LogP contribution in [0.1, 0.15) is 335 Å². The van der Waals surface area contributed by atoms with Gasteiger partial charge in [0.2, 0.25) is 5.91 Å². The zero-order valence-electron chi connectivity index (χ0n) is 55.3. The van der Waals surface area contributed by atoms with Crippen molar-refractivity contribution in [2.75, 3.05) is 19.8 Å². The van der Waals surface area contributed by atoms with E-state index in [0.717, 1.165) is 32.1 Å². The normalized spacial score (nSPS) is 23.5. The van der Waals surface area contributed by atoms with Gasteiger partial charge in [-0.25, -0.2) is 0 Å². The van der Waals surface area contributed by atoms with Crippen LogP contribution in [0.3, 0.4) is 0 Å². The van der Waals surface area contributed by atoms with Crippen LogP contribution in [0.25, 0.3) is 0 Å². The van der Waals surface area contributed by atoms with Gasteiger partial charge in [0.15, 0.2) is 12.6 Å². The summed E-state index contributed by atoms with van der Waals surface area (Å²) < 4.78 is 22.8. The minimum absolute atomic E-state index is 0.242. The molecule has 2 heterocycles. The third kappa shape index (κ3) is 41.1. The van der Waals surface area contributed by atoms with Gasteiger partial charge in [0.05, 0.1) is 32.0 Å². The van der Waals surface area contributed by atoms with E-state index in [2.05, 4.69) is 31.3 Å². The average molecular weight is 1220 g/mol. The van der Waals surface area contributed by atoms with Crippen molar-refractivity contribution in [1.29, 1.82) is 0 Å². The van der Waals surface area contributed by atoms with Crippen LogP contribution in [0.15, 0.2) is 24.3 Å². The number of hydrogen-bond donors (Lipinski definition) is 9. The second-order valence-electron chi connectivity index (χ2n) is 26.1. The molecule has 2 fully saturated rings. The molecule has 0 spiro atoms. The maximum Gasteiger partial charge on any atom is 0.220 e. The summed E-state index contributed by atoms with van der Waals surface area (Å²) in [5.41, 5.74) is 0. The molecule has 0 saturated carbocycles. The molecule has 9 N–H and O–H groups in total. The van der Waals surface area contributed by atoms with Crippen molar-refractivity contribution < 1.29 is 64.6 Å². The molecule has 2 rings (SSSR count). The van der Waals surface area contributed by atoms with E-state index in [1.165, 1.54) is 270 Å². The van der Waals surface area contributed by atoms with Crippen LogP contribution in [0.4, 0.5) is 0 Å². The smallest absolute Gasteiger partial charge is 0.220 e. The fraction of sp³-hybridized carbons (Fsp3) is 0.931. The van der Waals surface area contributed by atoms with Crippen LogP contribution in [0.5, 0.6) is 0 Å². The minimum atomic E-state index is -1.79. The molecule has 0 aromatic carbocycles. The van der Waals surface area contributed by atoms with Gasteiger partial charge in [-0.15, -0.1) is 0 Å². The highest BCUT2D eigenvalue weighted by molar-refractivity contribution is 5.76. The number of hydrogen-bond acceptors (Lipinski definition) is 13. The maximum absolute atomic E-state index is 13.3. The van der Waals surface area contributed by atoms with Gasteiger partial charge in [0, 0.05) is 6.42 Å². The molecule has 0 radical (unpaired) electrons. The molecule has 14 heteroatoms. The van der Waals surface area contributed by atoms with E-state index in [1.54, 1.807) is 6.08 Å². The van der Waals surface area contributed by atoms with Gasteiger partial charge in [-0.2, -0.15) is 0 Å². The lowest BCUT2D eigenvalue weighted by atomic mass is 9.97. The van der Waals surface area contributed by atoms with Gasteiger partial charge < -0.3 is 65.1 Å². The lowest BCUT2D eigenvalue weighted by molar-refractivity contribution is -0.359. The number of aliphatic hydroxyl groups is 8. The Balaban J connectivity index is 1.57. The van der Waals surface area contributed by atoms with Crippen LogP contribution in [0.2, 0.25) is 0 Å². The molecule has 0 aromatic heterocycles. The predicted molar refractivity (Wildman–Crippen MR) is 351 cm³/mol. The monoisotopic (exact) mass is 1220 g/mol. The van der Waals surface area contributed by atoms with Crippen molar-refractivity contribution >= 4 is 5.91 Å². The molecule has 2 saturated heterocycles. The van der Waals surface area contributed by atoms with E-state index < -0.39 is 86.8 Å². The van der Waals surface area contributed by atoms with Crippen molar-refractivity contribution in [1.82, 2.24) is 5.32 Å². The number of unbranched alkanes of at least 4 members (excludes halogenated alkanes) is 46. The Bertz CT molecular complexity index is 1540. The Labute approximate surface area is 526 Å². The Kier molecular flexibility index (Phi) is 53.7. The van der Waals surface area contributed by atoms with Crippen LogP contribution < -0.4 is 5.32 Å². The average Bonchev–Trinajstić information content (AvgIpc) is 2.52. The third-order valence-corrected chi connectivity index (χ3v) is 18.1. The van der Waals surface area contributed by atoms with E-state index in [-0.39, 0.29) is 18.9 Å². The number of ether oxygens (including phenoxy) is 4. The number of amides is 1. The summed E-state index contributed by atoms with van der Waals surface area (Å²) >= 11 is 0. The van der Waals surface area contributed by atoms with E-state index >= 15 is 0 Å². The summed E-state index contributed by atoms with van der Waals surface area (Å²) in [5, 5.41) is 87.3. The molecule has 2 aliphatic heterocycles. The van der Waals surface area contributed by atoms with E-state index in [0.29, 0.717) is 12.8 Å². The fourth-order valence-corrected chi connectivity index (χ4v) is 12.3. The summed E-state index contributed by atoms with van der Waals surface area (Å²) in [6.45, 7) is 2.82. The first-order valence-corrected chi connectivity index (χ1v) is 36.6. The zero-order chi connectivity index (χ0) is 62.3. The minimum Gasteiger partial charge on any atom is -0.394 e. The summed E-state index contributed by atoms with van der Waals surface area (Å²) in [6, 6.07) is -0.928. The number of aliphatic hydroxyl groups excluding tert-OH is 8. The molecule has 508 valence electrons. The SMILES string of the molecule is CCCCCCCCCCC/C=C/CC/C=C/C(O)C(COC1OC(CO)C(OC2OC(CO)C(O)C(O)C2O)C(O)C1O)NC(=O)CCCCCCCCCCCCCCCCCCCCCCCCCCCCCCCCCCCCCCC. The van der Waals surface area contributed by atoms with Gasteiger partial charge in [0.25, 0.3) is 0 Å². The summed E-state index contributed by atoms with van der Waals surface area (Å²) in [4.78, 5) is 13.3. The number of rotatable bonds is 61. The topological polar surface area (TPSA) is 228 Å². The van der Waals surface area contributed by atoms with Gasteiger partial charge in [-0.1, -0.05) is 321 Å². The first-order valence-electron chi connectivity index (χ1n) is 36.6. The lowest BCUT2D eigenvalue weighted by Crippen LogP contribution is -2.65. The molecule has 2 aliphatic rings. The number of allylic oxidation sites excluding steroid dienone is 3. The molecular weight excluding hydrogens is 1090 g/mol. The fourth-order valence-electron chi connectivity index (χ4n) is 12.3. The van der Waals surface area contributed by atoms with E-state index in [1.807, 2.05) is 6.08 Å². The standard InChI is InChI=1S/C72H137NO13/c1-3-5-7-9-11-13-15-17-19-20-21-22-23-24-25-26-27-28-29-30-31-32-33-34-35-36-37-38-39-40-42-44-46-48-50-52-54-56-64(77)73-60(61(76)55-53-51-49-47-45-43-41-18-16-14-12-10-8-6-4-2)59-83-71-69(82)67(80)70(63(58-75)85-71)86-72-68(81)66(79)65(78)62(57-74)84-72/h45,47,53,55,60-63,65-72,74-76,78-82H,3-44,46,48-52,54,56-59H2,1-2H3,(H,73,77)/b47-45+,55-53+. The van der Waals surface area contributed by atoms with Gasteiger partial charge in [-0.05, 0) is 32.1 Å². The van der Waals surface area contributed by atoms with Crippen LogP contribution in [-0.2, 0) is 23.7 Å². The van der Waals surface area contributed by atoms with Gasteiger partial charge in [-0.3, -0.25) is 4.79 Å². The first-order chi connectivity index (χ1) is 42.1. The van der Waals surface area contributed by atoms with Crippen molar-refractivity contribution in [2.45, 2.75) is 408 Å².